The summed E-state index contributed by atoms with van der Waals surface area (Å²) in [5, 5.41) is 33.6. The van der Waals surface area contributed by atoms with Gasteiger partial charge in [0.25, 0.3) is 0 Å². The maximum Gasteiger partial charge on any atom is 0.331 e. The van der Waals surface area contributed by atoms with Crippen LogP contribution >= 0.6 is 0 Å². The van der Waals surface area contributed by atoms with Crippen LogP contribution in [-0.2, 0) is 59.8 Å². The third kappa shape index (κ3) is 34.4. The van der Waals surface area contributed by atoms with Crippen LogP contribution in [-0.4, -0.2) is 97.2 Å². The standard InChI is InChI=1S/2C12H22O6.Ti/c2*13-9-11(15)17-7-5-3-1-2-4-6-8-18-12(16)10-14;/h2*13-14H,1-10H2;. The van der Waals surface area contributed by atoms with Gasteiger partial charge in [0, 0.05) is 21.7 Å². The van der Waals surface area contributed by atoms with Crippen molar-refractivity contribution in [1.82, 2.24) is 0 Å². The molecule has 216 valence electrons. The normalized spacial score (nSPS) is 9.84. The molecule has 0 aromatic rings. The zero-order valence-corrected chi connectivity index (χ0v) is 23.3. The van der Waals surface area contributed by atoms with Crippen LogP contribution in [0.3, 0.4) is 0 Å². The first-order valence-corrected chi connectivity index (χ1v) is 12.5. The first-order chi connectivity index (χ1) is 17.4. The summed E-state index contributed by atoms with van der Waals surface area (Å²) in [5.74, 6) is -2.33. The molecule has 0 saturated carbocycles. The largest absolute Gasteiger partial charge is 0.464 e. The minimum atomic E-state index is -0.583. The number of unbranched alkanes of at least 4 members (excludes halogenated alkanes) is 10. The van der Waals surface area contributed by atoms with E-state index in [1.165, 1.54) is 0 Å². The zero-order valence-electron chi connectivity index (χ0n) is 21.7. The predicted octanol–water partition coefficient (Wildman–Crippen LogP) is 0.794. The third-order valence-electron chi connectivity index (χ3n) is 4.65. The summed E-state index contributed by atoms with van der Waals surface area (Å²) >= 11 is 0. The van der Waals surface area contributed by atoms with Crippen molar-refractivity contribution in [2.45, 2.75) is 77.0 Å². The fourth-order valence-corrected chi connectivity index (χ4v) is 2.75. The van der Waals surface area contributed by atoms with Gasteiger partial charge in [0.2, 0.25) is 0 Å². The van der Waals surface area contributed by atoms with Gasteiger partial charge >= 0.3 is 23.9 Å². The second-order valence-electron chi connectivity index (χ2n) is 7.76. The third-order valence-corrected chi connectivity index (χ3v) is 4.65. The van der Waals surface area contributed by atoms with E-state index in [1.807, 2.05) is 0 Å². The molecule has 0 heterocycles. The summed E-state index contributed by atoms with van der Waals surface area (Å²) in [6.45, 7) is -0.833. The average Bonchev–Trinajstić information content (AvgIpc) is 2.90. The molecule has 0 bridgehead atoms. The molecule has 0 amide bonds. The van der Waals surface area contributed by atoms with Gasteiger partial charge in [-0.25, -0.2) is 19.2 Å². The van der Waals surface area contributed by atoms with Gasteiger partial charge < -0.3 is 39.4 Å². The van der Waals surface area contributed by atoms with Gasteiger partial charge in [-0.2, -0.15) is 0 Å². The Morgan fingerprint density at radius 2 is 0.514 bits per heavy atom. The maximum absolute atomic E-state index is 10.6. The molecular formula is C24H44O12Ti. The second-order valence-corrected chi connectivity index (χ2v) is 7.76. The smallest absolute Gasteiger partial charge is 0.331 e. The Morgan fingerprint density at radius 3 is 0.676 bits per heavy atom. The van der Waals surface area contributed by atoms with Crippen LogP contribution < -0.4 is 0 Å². The molecule has 13 heteroatoms. The van der Waals surface area contributed by atoms with Crippen molar-refractivity contribution in [3.8, 4) is 0 Å². The quantitative estimate of drug-likeness (QED) is 0.0620. The topological polar surface area (TPSA) is 186 Å². The summed E-state index contributed by atoms with van der Waals surface area (Å²) in [6.07, 6.45) is 11.2. The molecule has 12 nitrogen and oxygen atoms in total. The summed E-state index contributed by atoms with van der Waals surface area (Å²) in [4.78, 5) is 42.3. The molecule has 0 aromatic carbocycles. The second kappa shape index (κ2) is 32.5. The van der Waals surface area contributed by atoms with Gasteiger partial charge in [-0.1, -0.05) is 51.4 Å². The van der Waals surface area contributed by atoms with Crippen LogP contribution in [0.5, 0.6) is 0 Å². The van der Waals surface area contributed by atoms with Crippen molar-refractivity contribution in [3.63, 3.8) is 0 Å². The van der Waals surface area contributed by atoms with Crippen LogP contribution in [0.1, 0.15) is 77.0 Å². The zero-order chi connectivity index (χ0) is 27.3. The summed E-state index contributed by atoms with van der Waals surface area (Å²) in [7, 11) is 0. The Kier molecular flexibility index (Phi) is 35.0. The summed E-state index contributed by atoms with van der Waals surface area (Å²) in [6, 6.07) is 0. The van der Waals surface area contributed by atoms with E-state index in [2.05, 4.69) is 0 Å². The fourth-order valence-electron chi connectivity index (χ4n) is 2.75. The first-order valence-electron chi connectivity index (χ1n) is 12.5. The van der Waals surface area contributed by atoms with Gasteiger partial charge in [-0.15, -0.1) is 0 Å². The number of esters is 4. The number of aliphatic hydroxyl groups excluding tert-OH is 4. The van der Waals surface area contributed by atoms with Crippen molar-refractivity contribution in [1.29, 1.82) is 0 Å². The molecule has 37 heavy (non-hydrogen) atoms. The van der Waals surface area contributed by atoms with Gasteiger partial charge in [-0.3, -0.25) is 0 Å². The van der Waals surface area contributed by atoms with Crippen molar-refractivity contribution < 1.29 is 80.3 Å². The minimum absolute atomic E-state index is 0. The summed E-state index contributed by atoms with van der Waals surface area (Å²) < 4.78 is 18.8. The molecule has 0 radical (unpaired) electrons. The Labute approximate surface area is 233 Å². The molecule has 0 spiro atoms. The molecule has 4 N–H and O–H groups in total. The van der Waals surface area contributed by atoms with Gasteiger partial charge in [-0.05, 0) is 25.7 Å². The molecule has 0 atom stereocenters. The van der Waals surface area contributed by atoms with E-state index in [9.17, 15) is 19.2 Å². The number of aliphatic hydroxyl groups is 4. The van der Waals surface area contributed by atoms with E-state index in [4.69, 9.17) is 39.4 Å². The number of rotatable bonds is 22. The van der Waals surface area contributed by atoms with Crippen LogP contribution in [0.2, 0.25) is 0 Å². The van der Waals surface area contributed by atoms with E-state index >= 15 is 0 Å². The molecule has 0 fully saturated rings. The van der Waals surface area contributed by atoms with Crippen molar-refractivity contribution in [2.24, 2.45) is 0 Å². The van der Waals surface area contributed by atoms with Crippen LogP contribution in [0, 0.1) is 0 Å². The van der Waals surface area contributed by atoms with Crippen molar-refractivity contribution in [2.75, 3.05) is 52.9 Å². The Bertz CT molecular complexity index is 464. The SMILES string of the molecule is O=C(CO)OCCCCCCCCOC(=O)CO.O=C(CO)OCCCCCCCCOC(=O)CO.[Ti]. The van der Waals surface area contributed by atoms with E-state index < -0.39 is 50.3 Å². The monoisotopic (exact) mass is 572 g/mol. The van der Waals surface area contributed by atoms with Gasteiger partial charge in [0.15, 0.2) is 0 Å². The molecule has 0 unspecified atom stereocenters. The number of carbonyl (C=O) groups excluding carboxylic acids is 4. The Morgan fingerprint density at radius 1 is 0.351 bits per heavy atom. The molecule has 0 saturated heterocycles. The van der Waals surface area contributed by atoms with Gasteiger partial charge in [0.05, 0.1) is 26.4 Å². The first kappa shape index (κ1) is 39.9. The van der Waals surface area contributed by atoms with E-state index in [1.54, 1.807) is 0 Å². The van der Waals surface area contributed by atoms with Crippen LogP contribution in [0.25, 0.3) is 0 Å². The van der Waals surface area contributed by atoms with Crippen LogP contribution in [0.15, 0.2) is 0 Å². The number of hydrogen-bond donors (Lipinski definition) is 4. The Hall–Kier alpha value is -1.57. The number of carbonyl (C=O) groups is 4. The number of ether oxygens (including phenoxy) is 4. The molecule has 0 rings (SSSR count). The van der Waals surface area contributed by atoms with Crippen LogP contribution in [0.4, 0.5) is 0 Å². The predicted molar refractivity (Wildman–Crippen MR) is 128 cm³/mol. The minimum Gasteiger partial charge on any atom is -0.464 e. The Balaban J connectivity index is -0.000000608. The average molecular weight is 572 g/mol. The molecule has 0 aromatic heterocycles. The molecule has 0 aliphatic carbocycles. The van der Waals surface area contributed by atoms with E-state index in [-0.39, 0.29) is 21.7 Å². The summed E-state index contributed by atoms with van der Waals surface area (Å²) in [5.41, 5.74) is 0. The van der Waals surface area contributed by atoms with Crippen molar-refractivity contribution in [3.05, 3.63) is 0 Å². The molecule has 0 aliphatic rings. The fraction of sp³-hybridized carbons (Fsp3) is 0.833. The van der Waals surface area contributed by atoms with E-state index in [0.29, 0.717) is 26.4 Å². The molecular weight excluding hydrogens is 528 g/mol. The van der Waals surface area contributed by atoms with Crippen molar-refractivity contribution >= 4 is 23.9 Å². The number of hydrogen-bond acceptors (Lipinski definition) is 12. The van der Waals surface area contributed by atoms with E-state index in [0.717, 1.165) is 77.0 Å². The molecule has 0 aliphatic heterocycles. The van der Waals surface area contributed by atoms with Gasteiger partial charge in [0.1, 0.15) is 26.4 Å². The maximum atomic E-state index is 10.6.